The van der Waals surface area contributed by atoms with Crippen molar-refractivity contribution in [3.8, 4) is 11.5 Å². The number of rotatable bonds is 5. The van der Waals surface area contributed by atoms with Crippen molar-refractivity contribution in [2.75, 3.05) is 5.73 Å². The molecule has 0 heterocycles. The number of aromatic hydroxyl groups is 2. The Bertz CT molecular complexity index is 775. The van der Waals surface area contributed by atoms with E-state index in [0.29, 0.717) is 16.8 Å². The van der Waals surface area contributed by atoms with E-state index in [-0.39, 0.29) is 18.1 Å². The number of hydrogen-bond acceptors (Lipinski definition) is 7. The lowest BCUT2D eigenvalue weighted by atomic mass is 10.2. The van der Waals surface area contributed by atoms with Crippen LogP contribution in [0.5, 0.6) is 11.5 Å². The molecule has 9 nitrogen and oxygen atoms in total. The van der Waals surface area contributed by atoms with Gasteiger partial charge in [-0.1, -0.05) is 18.2 Å². The highest BCUT2D eigenvalue weighted by Crippen LogP contribution is 2.25. The Morgan fingerprint density at radius 3 is 2.48 bits per heavy atom. The molecule has 25 heavy (non-hydrogen) atoms. The third kappa shape index (κ3) is 7.88. The number of hydrogen-bond donors (Lipinski definition) is 4. The maximum absolute atomic E-state index is 10.1. The summed E-state index contributed by atoms with van der Waals surface area (Å²) in [4.78, 5) is 24.1. The maximum Gasteiger partial charge on any atom is 0.328 e. The van der Waals surface area contributed by atoms with E-state index in [1.807, 2.05) is 0 Å². The van der Waals surface area contributed by atoms with E-state index in [0.717, 1.165) is 6.08 Å². The van der Waals surface area contributed by atoms with E-state index in [9.17, 15) is 14.9 Å². The number of carbonyl (C=O) groups is 1. The number of phenols is 2. The van der Waals surface area contributed by atoms with Crippen LogP contribution in [0.25, 0.3) is 6.08 Å². The van der Waals surface area contributed by atoms with Gasteiger partial charge in [-0.25, -0.2) is 4.79 Å². The van der Waals surface area contributed by atoms with Gasteiger partial charge in [-0.3, -0.25) is 0 Å². The molecule has 0 aliphatic rings. The molecule has 5 N–H and O–H groups in total. The second kappa shape index (κ2) is 9.40. The molecule has 0 atom stereocenters. The van der Waals surface area contributed by atoms with Crippen LogP contribution >= 0.6 is 0 Å². The Labute approximate surface area is 142 Å². The highest BCUT2D eigenvalue weighted by Gasteiger charge is 1.98. The lowest BCUT2D eigenvalue weighted by Gasteiger charge is -1.99. The lowest BCUT2D eigenvalue weighted by Crippen LogP contribution is -2.00. The fourth-order valence-electron chi connectivity index (χ4n) is 1.62. The first-order valence-corrected chi connectivity index (χ1v) is 6.82. The van der Waals surface area contributed by atoms with Crippen LogP contribution in [-0.2, 0) is 16.2 Å². The molecule has 0 saturated heterocycles. The molecular formula is C16H16N2O7. The highest BCUT2D eigenvalue weighted by molar-refractivity contribution is 5.85. The van der Waals surface area contributed by atoms with Gasteiger partial charge < -0.3 is 25.9 Å². The van der Waals surface area contributed by atoms with Crippen molar-refractivity contribution in [1.29, 1.82) is 0 Å². The van der Waals surface area contributed by atoms with Gasteiger partial charge in [-0.15, -0.1) is 10.1 Å². The minimum Gasteiger partial charge on any atom is -0.504 e. The second-order valence-corrected chi connectivity index (χ2v) is 4.66. The fourth-order valence-corrected chi connectivity index (χ4v) is 1.62. The van der Waals surface area contributed by atoms with E-state index in [1.165, 1.54) is 24.3 Å². The molecule has 132 valence electrons. The Balaban J connectivity index is 0.000000251. The molecule has 0 aliphatic carbocycles. The van der Waals surface area contributed by atoms with Crippen molar-refractivity contribution in [1.82, 2.24) is 0 Å². The number of nitrogens with two attached hydrogens (primary N) is 1. The van der Waals surface area contributed by atoms with Gasteiger partial charge in [0.15, 0.2) is 11.5 Å². The van der Waals surface area contributed by atoms with Crippen LogP contribution in [0.4, 0.5) is 5.69 Å². The van der Waals surface area contributed by atoms with Gasteiger partial charge in [0.05, 0.1) is 0 Å². The minimum absolute atomic E-state index is 0.0575. The van der Waals surface area contributed by atoms with Gasteiger partial charge in [-0.2, -0.15) is 0 Å². The summed E-state index contributed by atoms with van der Waals surface area (Å²) in [6.07, 6.45) is 2.27. The summed E-state index contributed by atoms with van der Waals surface area (Å²) in [5, 5.41) is 35.2. The third-order valence-corrected chi connectivity index (χ3v) is 2.71. The molecule has 9 heteroatoms. The molecule has 2 aromatic carbocycles. The number of aliphatic carboxylic acids is 1. The summed E-state index contributed by atoms with van der Waals surface area (Å²) in [7, 11) is 0. The molecular weight excluding hydrogens is 332 g/mol. The van der Waals surface area contributed by atoms with E-state index in [4.69, 9.17) is 21.1 Å². The van der Waals surface area contributed by atoms with E-state index in [1.54, 1.807) is 24.3 Å². The summed E-state index contributed by atoms with van der Waals surface area (Å²) in [6, 6.07) is 10.8. The number of nitrogens with zero attached hydrogens (tertiary/aromatic N) is 1. The molecule has 2 aromatic rings. The van der Waals surface area contributed by atoms with Gasteiger partial charge in [-0.05, 0) is 41.5 Å². The number of benzene rings is 2. The largest absolute Gasteiger partial charge is 0.504 e. The van der Waals surface area contributed by atoms with Crippen molar-refractivity contribution >= 4 is 17.7 Å². The van der Waals surface area contributed by atoms with E-state index < -0.39 is 11.1 Å². The van der Waals surface area contributed by atoms with Crippen molar-refractivity contribution in [3.05, 3.63) is 69.8 Å². The summed E-state index contributed by atoms with van der Waals surface area (Å²) < 4.78 is 0. The van der Waals surface area contributed by atoms with Crippen molar-refractivity contribution in [3.63, 3.8) is 0 Å². The number of anilines is 1. The summed E-state index contributed by atoms with van der Waals surface area (Å²) in [6.45, 7) is -0.0575. The van der Waals surface area contributed by atoms with Gasteiger partial charge in [0.25, 0.3) is 5.09 Å². The van der Waals surface area contributed by atoms with Crippen LogP contribution in [0.1, 0.15) is 11.1 Å². The van der Waals surface area contributed by atoms with Crippen LogP contribution in [0.3, 0.4) is 0 Å². The first-order chi connectivity index (χ1) is 11.8. The molecule has 0 spiro atoms. The molecule has 2 rings (SSSR count). The zero-order valence-electron chi connectivity index (χ0n) is 12.9. The summed E-state index contributed by atoms with van der Waals surface area (Å²) >= 11 is 0. The Kier molecular flexibility index (Phi) is 7.26. The van der Waals surface area contributed by atoms with Crippen LogP contribution in [0, 0.1) is 10.1 Å². The molecule has 0 radical (unpaired) electrons. The fraction of sp³-hybridized carbons (Fsp3) is 0.0625. The van der Waals surface area contributed by atoms with Crippen LogP contribution < -0.4 is 5.73 Å². The van der Waals surface area contributed by atoms with E-state index in [2.05, 4.69) is 4.84 Å². The standard InChI is InChI=1S/C9H8O4.C7H8N2O3/c10-7-3-1-6(5-8(7)11)2-4-9(12)13;8-7-3-1-2-6(4-7)5-12-9(10)11/h1-5,10-11H,(H,12,13);1-4H,5,8H2. The number of phenolic OH excluding ortho intramolecular Hbond substituents is 2. The van der Waals surface area contributed by atoms with E-state index >= 15 is 0 Å². The Morgan fingerprint density at radius 1 is 1.20 bits per heavy atom. The first kappa shape index (κ1) is 19.3. The normalized spacial score (nSPS) is 9.92. The van der Waals surface area contributed by atoms with Crippen LogP contribution in [-0.4, -0.2) is 26.4 Å². The van der Waals surface area contributed by atoms with Crippen molar-refractivity contribution in [2.45, 2.75) is 6.61 Å². The minimum atomic E-state index is -1.06. The molecule has 0 saturated carbocycles. The highest BCUT2D eigenvalue weighted by atomic mass is 16.9. The first-order valence-electron chi connectivity index (χ1n) is 6.82. The summed E-state index contributed by atoms with van der Waals surface area (Å²) in [5.74, 6) is -1.56. The zero-order chi connectivity index (χ0) is 18.8. The smallest absolute Gasteiger partial charge is 0.328 e. The number of carboxylic acids is 1. The van der Waals surface area contributed by atoms with Gasteiger partial charge in [0, 0.05) is 11.8 Å². The lowest BCUT2D eigenvalue weighted by molar-refractivity contribution is -0.763. The molecule has 0 bridgehead atoms. The van der Waals surface area contributed by atoms with Crippen LogP contribution in [0.15, 0.2) is 48.5 Å². The topological polar surface area (TPSA) is 156 Å². The average Bonchev–Trinajstić information content (AvgIpc) is 2.55. The van der Waals surface area contributed by atoms with Crippen molar-refractivity contribution in [2.24, 2.45) is 0 Å². The molecule has 0 aliphatic heterocycles. The predicted octanol–water partition coefficient (Wildman–Crippen LogP) is 2.17. The molecule has 0 aromatic heterocycles. The third-order valence-electron chi connectivity index (χ3n) is 2.71. The monoisotopic (exact) mass is 348 g/mol. The summed E-state index contributed by atoms with van der Waals surface area (Å²) in [5.41, 5.74) is 7.21. The van der Waals surface area contributed by atoms with Crippen molar-refractivity contribution < 1.29 is 30.0 Å². The second-order valence-electron chi connectivity index (χ2n) is 4.66. The van der Waals surface area contributed by atoms with Crippen LogP contribution in [0.2, 0.25) is 0 Å². The molecule has 0 amide bonds. The number of carboxylic acid groups (broad SMARTS) is 1. The van der Waals surface area contributed by atoms with Gasteiger partial charge >= 0.3 is 5.97 Å². The maximum atomic E-state index is 10.1. The SMILES string of the molecule is Nc1cccc(CO[N+](=O)[O-])c1.O=C(O)C=Cc1ccc(O)c(O)c1. The quantitative estimate of drug-likeness (QED) is 0.210. The average molecular weight is 348 g/mol. The Morgan fingerprint density at radius 2 is 1.92 bits per heavy atom. The predicted molar refractivity (Wildman–Crippen MR) is 89.1 cm³/mol. The molecule has 0 unspecified atom stereocenters. The van der Waals surface area contributed by atoms with Gasteiger partial charge in [0.2, 0.25) is 0 Å². The zero-order valence-corrected chi connectivity index (χ0v) is 12.9. The Hall–Kier alpha value is -3.75. The number of nitrogen functional groups attached to an aromatic ring is 1. The van der Waals surface area contributed by atoms with Gasteiger partial charge in [0.1, 0.15) is 6.61 Å². The molecule has 0 fully saturated rings.